The van der Waals surface area contributed by atoms with Crippen LogP contribution in [-0.4, -0.2) is 15.6 Å². The van der Waals surface area contributed by atoms with E-state index in [0.29, 0.717) is 11.6 Å². The van der Waals surface area contributed by atoms with Crippen molar-refractivity contribution in [1.82, 2.24) is 4.57 Å². The quantitative estimate of drug-likeness (QED) is 0.263. The number of benzene rings is 3. The first-order valence-electron chi connectivity index (χ1n) is 11.9. The molecule has 1 aliphatic heterocycles. The molecule has 0 bridgehead atoms. The minimum absolute atomic E-state index is 0.0107. The van der Waals surface area contributed by atoms with Crippen molar-refractivity contribution >= 4 is 40.2 Å². The van der Waals surface area contributed by atoms with Gasteiger partial charge in [-0.2, -0.15) is 0 Å². The third kappa shape index (κ3) is 4.93. The second kappa shape index (κ2) is 10.00. The molecule has 0 spiro atoms. The number of nitrogens with zero attached hydrogens (tertiary/aromatic N) is 1. The lowest BCUT2D eigenvalue weighted by Gasteiger charge is -2.15. The van der Waals surface area contributed by atoms with Crippen molar-refractivity contribution in [2.75, 3.05) is 0 Å². The molecule has 6 heteroatoms. The number of ether oxygens (including phenoxy) is 1. The van der Waals surface area contributed by atoms with E-state index in [1.165, 1.54) is 10.9 Å². The summed E-state index contributed by atoms with van der Waals surface area (Å²) in [5, 5.41) is 11.5. The normalized spacial score (nSPS) is 15.0. The van der Waals surface area contributed by atoms with E-state index < -0.39 is 5.97 Å². The number of aromatic nitrogens is 1. The molecular weight excluding hydrogens is 478 g/mol. The maximum atomic E-state index is 11.7. The molecule has 0 radical (unpaired) electrons. The lowest BCUT2D eigenvalue weighted by atomic mass is 9.96. The first-order chi connectivity index (χ1) is 16.9. The molecule has 1 unspecified atom stereocenters. The second-order valence-electron chi connectivity index (χ2n) is 9.34. The lowest BCUT2D eigenvalue weighted by Crippen LogP contribution is -2.04. The molecule has 0 aliphatic carbocycles. The highest BCUT2D eigenvalue weighted by molar-refractivity contribution is 7.99. The van der Waals surface area contributed by atoms with Crippen LogP contribution in [0.3, 0.4) is 0 Å². The average molecular weight is 506 g/mol. The van der Waals surface area contributed by atoms with Crippen LogP contribution in [0.15, 0.2) is 76.5 Å². The van der Waals surface area contributed by atoms with Gasteiger partial charge < -0.3 is 14.4 Å². The predicted molar refractivity (Wildman–Crippen MR) is 142 cm³/mol. The zero-order valence-corrected chi connectivity index (χ0v) is 21.4. The third-order valence-electron chi connectivity index (χ3n) is 6.58. The van der Waals surface area contributed by atoms with Gasteiger partial charge >= 0.3 is 5.97 Å². The summed E-state index contributed by atoms with van der Waals surface area (Å²) in [5.41, 5.74) is 4.60. The number of carboxylic acids is 1. The first-order valence-corrected chi connectivity index (χ1v) is 13.1. The van der Waals surface area contributed by atoms with E-state index in [9.17, 15) is 9.90 Å². The Hall–Kier alpha value is -2.89. The molecule has 1 aromatic heterocycles. The van der Waals surface area contributed by atoms with Gasteiger partial charge in [0.25, 0.3) is 0 Å². The molecule has 180 valence electrons. The lowest BCUT2D eigenvalue weighted by molar-refractivity contribution is -0.137. The third-order valence-corrected chi connectivity index (χ3v) is 7.95. The molecule has 3 aromatic carbocycles. The Morgan fingerprint density at radius 3 is 2.57 bits per heavy atom. The Labute approximate surface area is 214 Å². The summed E-state index contributed by atoms with van der Waals surface area (Å²) >= 11 is 7.83. The predicted octanol–water partition coefficient (Wildman–Crippen LogP) is 8.11. The molecule has 0 fully saturated rings. The fourth-order valence-electron chi connectivity index (χ4n) is 4.94. The molecular formula is C29H28ClNO3S. The SMILES string of the molecule is CC(C)c1cc(OCc2ccccc2)cc2c1c(Sc1ccc(Cl)cc1)c1n2CCC1CC(=O)O. The van der Waals surface area contributed by atoms with E-state index in [2.05, 4.69) is 42.7 Å². The van der Waals surface area contributed by atoms with Crippen LogP contribution in [0.5, 0.6) is 5.75 Å². The van der Waals surface area contributed by atoms with Gasteiger partial charge in [-0.15, -0.1) is 0 Å². The largest absolute Gasteiger partial charge is 0.489 e. The van der Waals surface area contributed by atoms with Gasteiger partial charge in [-0.05, 0) is 53.8 Å². The Bertz CT molecular complexity index is 1360. The standard InChI is InChI=1S/C29H28ClNO3S/c1-18(2)24-15-22(34-17-19-6-4-3-5-7-19)16-25-27(24)29(35-23-10-8-21(30)9-11-23)28-20(14-26(32)33)12-13-31(25)28/h3-11,15-16,18,20H,12-14,17H2,1-2H3,(H,32,33). The van der Waals surface area contributed by atoms with Crippen LogP contribution < -0.4 is 4.74 Å². The van der Waals surface area contributed by atoms with Gasteiger partial charge in [0.05, 0.1) is 11.9 Å². The van der Waals surface area contributed by atoms with Crippen LogP contribution in [0.25, 0.3) is 10.9 Å². The van der Waals surface area contributed by atoms with E-state index in [-0.39, 0.29) is 18.3 Å². The van der Waals surface area contributed by atoms with Gasteiger partial charge in [-0.25, -0.2) is 0 Å². The summed E-state index contributed by atoms with van der Waals surface area (Å²) in [6.45, 7) is 5.71. The second-order valence-corrected chi connectivity index (χ2v) is 10.9. The molecule has 1 aliphatic rings. The van der Waals surface area contributed by atoms with Crippen molar-refractivity contribution in [2.24, 2.45) is 0 Å². The Balaban J connectivity index is 1.64. The Morgan fingerprint density at radius 2 is 1.89 bits per heavy atom. The van der Waals surface area contributed by atoms with Crippen molar-refractivity contribution in [3.8, 4) is 5.75 Å². The fraction of sp³-hybridized carbons (Fsp3) is 0.276. The van der Waals surface area contributed by atoms with Crippen molar-refractivity contribution in [3.05, 3.63) is 88.6 Å². The van der Waals surface area contributed by atoms with Gasteiger partial charge in [0.15, 0.2) is 0 Å². The number of aryl methyl sites for hydroxylation is 1. The number of fused-ring (bicyclic) bond motifs is 3. The summed E-state index contributed by atoms with van der Waals surface area (Å²) < 4.78 is 8.58. The maximum Gasteiger partial charge on any atom is 0.304 e. The van der Waals surface area contributed by atoms with E-state index >= 15 is 0 Å². The number of hydrogen-bond donors (Lipinski definition) is 1. The summed E-state index contributed by atoms with van der Waals surface area (Å²) in [6, 6.07) is 22.3. The van der Waals surface area contributed by atoms with E-state index in [1.807, 2.05) is 42.5 Å². The molecule has 35 heavy (non-hydrogen) atoms. The maximum absolute atomic E-state index is 11.7. The number of carbonyl (C=O) groups is 1. The van der Waals surface area contributed by atoms with Crippen LogP contribution in [0, 0.1) is 0 Å². The highest BCUT2D eigenvalue weighted by Gasteiger charge is 2.33. The van der Waals surface area contributed by atoms with Crippen LogP contribution >= 0.6 is 23.4 Å². The van der Waals surface area contributed by atoms with Crippen LogP contribution in [0.1, 0.15) is 55.3 Å². The number of halogens is 1. The van der Waals surface area contributed by atoms with Crippen LogP contribution in [0.2, 0.25) is 5.02 Å². The summed E-state index contributed by atoms with van der Waals surface area (Å²) in [6.07, 6.45) is 0.969. The molecule has 1 N–H and O–H groups in total. The average Bonchev–Trinajstić information content (AvgIpc) is 3.38. The van der Waals surface area contributed by atoms with Crippen molar-refractivity contribution in [1.29, 1.82) is 0 Å². The highest BCUT2D eigenvalue weighted by Crippen LogP contribution is 2.49. The molecule has 2 heterocycles. The summed E-state index contributed by atoms with van der Waals surface area (Å²) in [4.78, 5) is 13.9. The molecule has 4 aromatic rings. The Kier molecular flexibility index (Phi) is 6.81. The van der Waals surface area contributed by atoms with E-state index in [4.69, 9.17) is 16.3 Å². The highest BCUT2D eigenvalue weighted by atomic mass is 35.5. The molecule has 0 saturated carbocycles. The topological polar surface area (TPSA) is 51.5 Å². The van der Waals surface area contributed by atoms with Gasteiger partial charge in [-0.1, -0.05) is 67.5 Å². The first kappa shape index (κ1) is 23.8. The molecule has 0 saturated heterocycles. The van der Waals surface area contributed by atoms with E-state index in [0.717, 1.165) is 45.3 Å². The zero-order valence-electron chi connectivity index (χ0n) is 19.8. The van der Waals surface area contributed by atoms with Crippen molar-refractivity contribution in [3.63, 3.8) is 0 Å². The number of rotatable bonds is 8. The molecule has 5 rings (SSSR count). The summed E-state index contributed by atoms with van der Waals surface area (Å²) in [5.74, 6) is 0.356. The van der Waals surface area contributed by atoms with Crippen molar-refractivity contribution in [2.45, 2.75) is 61.5 Å². The van der Waals surface area contributed by atoms with E-state index in [1.54, 1.807) is 11.8 Å². The Morgan fingerprint density at radius 1 is 1.14 bits per heavy atom. The zero-order chi connectivity index (χ0) is 24.5. The fourth-order valence-corrected chi connectivity index (χ4v) is 6.28. The van der Waals surface area contributed by atoms with Gasteiger partial charge in [0.1, 0.15) is 12.4 Å². The van der Waals surface area contributed by atoms with Gasteiger partial charge in [-0.3, -0.25) is 4.79 Å². The van der Waals surface area contributed by atoms with Gasteiger partial charge in [0, 0.05) is 44.4 Å². The summed E-state index contributed by atoms with van der Waals surface area (Å²) in [7, 11) is 0. The van der Waals surface area contributed by atoms with Gasteiger partial charge in [0.2, 0.25) is 0 Å². The number of carboxylic acid groups (broad SMARTS) is 1. The number of aliphatic carboxylic acids is 1. The minimum atomic E-state index is -0.757. The van der Waals surface area contributed by atoms with Crippen molar-refractivity contribution < 1.29 is 14.6 Å². The molecule has 1 atom stereocenters. The van der Waals surface area contributed by atoms with Crippen LogP contribution in [0.4, 0.5) is 0 Å². The van der Waals surface area contributed by atoms with Crippen LogP contribution in [-0.2, 0) is 17.9 Å². The monoisotopic (exact) mass is 505 g/mol. The minimum Gasteiger partial charge on any atom is -0.489 e. The number of hydrogen-bond acceptors (Lipinski definition) is 3. The molecule has 0 amide bonds. The smallest absolute Gasteiger partial charge is 0.304 e. The molecule has 4 nitrogen and oxygen atoms in total.